The standard InChI is InChI=1S/C23H26F3N5O2/c24-23(25,26)33-18-7-5-16(6-8-18)15-31-20(30-19-4-2-12-28-22(19)31)9-10-21(32)29-14-17-3-1-11-27-13-17/h2,4-8,12,17,27H,1,3,9-11,13-15H2,(H,29,32)/t17-/m0/s1. The van der Waals surface area contributed by atoms with Crippen LogP contribution < -0.4 is 15.4 Å². The fourth-order valence-electron chi connectivity index (χ4n) is 4.01. The average Bonchev–Trinajstić information content (AvgIpc) is 3.14. The van der Waals surface area contributed by atoms with Gasteiger partial charge in [-0.1, -0.05) is 12.1 Å². The highest BCUT2D eigenvalue weighted by Crippen LogP contribution is 2.24. The van der Waals surface area contributed by atoms with Crippen LogP contribution in [0.4, 0.5) is 13.2 Å². The van der Waals surface area contributed by atoms with E-state index in [0.717, 1.165) is 31.5 Å². The third-order valence-electron chi connectivity index (χ3n) is 5.64. The van der Waals surface area contributed by atoms with Crippen LogP contribution in [0.25, 0.3) is 11.2 Å². The molecule has 10 heteroatoms. The molecule has 7 nitrogen and oxygen atoms in total. The number of rotatable bonds is 8. The van der Waals surface area contributed by atoms with Gasteiger partial charge < -0.3 is 19.9 Å². The number of carbonyl (C=O) groups is 1. The van der Waals surface area contributed by atoms with Crippen molar-refractivity contribution >= 4 is 17.1 Å². The number of pyridine rings is 1. The number of fused-ring (bicyclic) bond motifs is 1. The van der Waals surface area contributed by atoms with Gasteiger partial charge in [0.15, 0.2) is 5.65 Å². The SMILES string of the molecule is O=C(CCc1nc2cccnc2n1Cc1ccc(OC(F)(F)F)cc1)NC[C@H]1CCCNC1. The van der Waals surface area contributed by atoms with Gasteiger partial charge in [0.25, 0.3) is 0 Å². The minimum Gasteiger partial charge on any atom is -0.406 e. The summed E-state index contributed by atoms with van der Waals surface area (Å²) in [7, 11) is 0. The Balaban J connectivity index is 1.42. The van der Waals surface area contributed by atoms with Crippen molar-refractivity contribution in [3.05, 3.63) is 54.0 Å². The maximum absolute atomic E-state index is 12.4. The summed E-state index contributed by atoms with van der Waals surface area (Å²) in [4.78, 5) is 21.4. The van der Waals surface area contributed by atoms with Gasteiger partial charge in [0, 0.05) is 25.6 Å². The van der Waals surface area contributed by atoms with E-state index in [0.29, 0.717) is 48.8 Å². The van der Waals surface area contributed by atoms with Gasteiger partial charge in [-0.15, -0.1) is 13.2 Å². The topological polar surface area (TPSA) is 81.1 Å². The summed E-state index contributed by atoms with van der Waals surface area (Å²) in [5.41, 5.74) is 2.14. The first-order chi connectivity index (χ1) is 15.9. The molecule has 1 aliphatic heterocycles. The molecule has 1 aromatic carbocycles. The van der Waals surface area contributed by atoms with Crippen molar-refractivity contribution in [1.82, 2.24) is 25.2 Å². The summed E-state index contributed by atoms with van der Waals surface area (Å²) < 4.78 is 43.1. The Hall–Kier alpha value is -3.14. The van der Waals surface area contributed by atoms with E-state index in [1.54, 1.807) is 24.4 Å². The quantitative estimate of drug-likeness (QED) is 0.537. The molecule has 1 amide bonds. The Kier molecular flexibility index (Phi) is 7.12. The van der Waals surface area contributed by atoms with E-state index in [9.17, 15) is 18.0 Å². The molecule has 2 N–H and O–H groups in total. The molecule has 1 fully saturated rings. The van der Waals surface area contributed by atoms with Gasteiger partial charge in [0.1, 0.15) is 17.1 Å². The van der Waals surface area contributed by atoms with Crippen molar-refractivity contribution in [1.29, 1.82) is 0 Å². The minimum absolute atomic E-state index is 0.0270. The monoisotopic (exact) mass is 461 g/mol. The third kappa shape index (κ3) is 6.44. The Labute approximate surface area is 189 Å². The number of amides is 1. The summed E-state index contributed by atoms with van der Waals surface area (Å²) in [6, 6.07) is 9.34. The molecule has 4 rings (SSSR count). The van der Waals surface area contributed by atoms with Crippen LogP contribution >= 0.6 is 0 Å². The molecule has 1 aliphatic rings. The van der Waals surface area contributed by atoms with E-state index in [-0.39, 0.29) is 11.7 Å². The van der Waals surface area contributed by atoms with Crippen LogP contribution in [0, 0.1) is 5.92 Å². The van der Waals surface area contributed by atoms with Gasteiger partial charge in [-0.05, 0) is 61.7 Å². The molecule has 0 unspecified atom stereocenters. The van der Waals surface area contributed by atoms with E-state index in [2.05, 4.69) is 25.3 Å². The molecule has 0 radical (unpaired) electrons. The molecule has 0 spiro atoms. The molecule has 1 saturated heterocycles. The molecule has 1 atom stereocenters. The highest BCUT2D eigenvalue weighted by atomic mass is 19.4. The number of nitrogens with one attached hydrogen (secondary N) is 2. The highest BCUT2D eigenvalue weighted by Gasteiger charge is 2.31. The zero-order valence-electron chi connectivity index (χ0n) is 18.1. The number of aryl methyl sites for hydroxylation is 1. The van der Waals surface area contributed by atoms with E-state index in [4.69, 9.17) is 0 Å². The highest BCUT2D eigenvalue weighted by molar-refractivity contribution is 5.76. The van der Waals surface area contributed by atoms with Crippen LogP contribution in [0.5, 0.6) is 5.75 Å². The van der Waals surface area contributed by atoms with Gasteiger partial charge in [0.2, 0.25) is 5.91 Å². The Morgan fingerprint density at radius 2 is 2.06 bits per heavy atom. The number of carbonyl (C=O) groups excluding carboxylic acids is 1. The largest absolute Gasteiger partial charge is 0.573 e. The number of halogens is 3. The molecule has 0 aliphatic carbocycles. The molecule has 2 aromatic heterocycles. The second kappa shape index (κ2) is 10.2. The van der Waals surface area contributed by atoms with Crippen molar-refractivity contribution in [3.63, 3.8) is 0 Å². The molecule has 33 heavy (non-hydrogen) atoms. The Bertz CT molecular complexity index is 1080. The van der Waals surface area contributed by atoms with Crippen LogP contribution in [0.2, 0.25) is 0 Å². The van der Waals surface area contributed by atoms with Crippen molar-refractivity contribution in [2.75, 3.05) is 19.6 Å². The fraction of sp³-hybridized carbons (Fsp3) is 0.435. The second-order valence-electron chi connectivity index (χ2n) is 8.17. The third-order valence-corrected chi connectivity index (χ3v) is 5.64. The number of ether oxygens (including phenoxy) is 1. The lowest BCUT2D eigenvalue weighted by Gasteiger charge is -2.22. The number of hydrogen-bond donors (Lipinski definition) is 2. The molecular weight excluding hydrogens is 435 g/mol. The lowest BCUT2D eigenvalue weighted by Crippen LogP contribution is -2.38. The number of aromatic nitrogens is 3. The number of hydrogen-bond acceptors (Lipinski definition) is 5. The van der Waals surface area contributed by atoms with Crippen LogP contribution in [-0.4, -0.2) is 46.4 Å². The van der Waals surface area contributed by atoms with Gasteiger partial charge >= 0.3 is 6.36 Å². The van der Waals surface area contributed by atoms with Crippen molar-refractivity contribution in [3.8, 4) is 5.75 Å². The predicted octanol–water partition coefficient (Wildman–Crippen LogP) is 3.43. The number of benzene rings is 1. The van der Waals surface area contributed by atoms with Crippen LogP contribution in [-0.2, 0) is 17.8 Å². The normalized spacial score (nSPS) is 16.6. The van der Waals surface area contributed by atoms with Crippen molar-refractivity contribution < 1.29 is 22.7 Å². The summed E-state index contributed by atoms with van der Waals surface area (Å²) in [6.45, 7) is 2.99. The Morgan fingerprint density at radius 1 is 1.24 bits per heavy atom. The maximum Gasteiger partial charge on any atom is 0.573 e. The maximum atomic E-state index is 12.4. The number of alkyl halides is 3. The van der Waals surface area contributed by atoms with Crippen LogP contribution in [0.3, 0.4) is 0 Å². The summed E-state index contributed by atoms with van der Waals surface area (Å²) in [5.74, 6) is 0.861. The predicted molar refractivity (Wildman–Crippen MR) is 117 cm³/mol. The summed E-state index contributed by atoms with van der Waals surface area (Å²) in [6.07, 6.45) is -0.104. The lowest BCUT2D eigenvalue weighted by atomic mass is 10.00. The first kappa shape index (κ1) is 23.0. The fourth-order valence-corrected chi connectivity index (χ4v) is 4.01. The number of piperidine rings is 1. The molecule has 3 heterocycles. The van der Waals surface area contributed by atoms with E-state index in [1.165, 1.54) is 12.1 Å². The van der Waals surface area contributed by atoms with Crippen LogP contribution in [0.15, 0.2) is 42.6 Å². The summed E-state index contributed by atoms with van der Waals surface area (Å²) >= 11 is 0. The van der Waals surface area contributed by atoms with E-state index >= 15 is 0 Å². The van der Waals surface area contributed by atoms with Crippen LogP contribution in [0.1, 0.15) is 30.7 Å². The van der Waals surface area contributed by atoms with Gasteiger partial charge in [-0.25, -0.2) is 9.97 Å². The zero-order valence-corrected chi connectivity index (χ0v) is 18.1. The molecule has 176 valence electrons. The minimum atomic E-state index is -4.73. The first-order valence-electron chi connectivity index (χ1n) is 11.0. The second-order valence-corrected chi connectivity index (χ2v) is 8.17. The molecular formula is C23H26F3N5O2. The lowest BCUT2D eigenvalue weighted by molar-refractivity contribution is -0.274. The molecule has 3 aromatic rings. The van der Waals surface area contributed by atoms with E-state index in [1.807, 2.05) is 10.6 Å². The summed E-state index contributed by atoms with van der Waals surface area (Å²) in [5, 5.41) is 6.35. The zero-order chi connectivity index (χ0) is 23.3. The Morgan fingerprint density at radius 3 is 2.79 bits per heavy atom. The molecule has 0 saturated carbocycles. The molecule has 0 bridgehead atoms. The van der Waals surface area contributed by atoms with Crippen molar-refractivity contribution in [2.24, 2.45) is 5.92 Å². The number of nitrogens with zero attached hydrogens (tertiary/aromatic N) is 3. The smallest absolute Gasteiger partial charge is 0.406 e. The number of imidazole rings is 1. The average molecular weight is 461 g/mol. The van der Waals surface area contributed by atoms with Gasteiger partial charge in [-0.2, -0.15) is 0 Å². The van der Waals surface area contributed by atoms with Gasteiger partial charge in [-0.3, -0.25) is 4.79 Å². The van der Waals surface area contributed by atoms with Crippen molar-refractivity contribution in [2.45, 2.75) is 38.6 Å². The van der Waals surface area contributed by atoms with E-state index < -0.39 is 6.36 Å². The van der Waals surface area contributed by atoms with Gasteiger partial charge in [0.05, 0.1) is 6.54 Å². The first-order valence-corrected chi connectivity index (χ1v) is 11.0.